The Hall–Kier alpha value is -3.71. The number of amides is 1. The van der Waals surface area contributed by atoms with Gasteiger partial charge in [0.2, 0.25) is 5.89 Å². The number of anilines is 1. The zero-order chi connectivity index (χ0) is 20.9. The summed E-state index contributed by atoms with van der Waals surface area (Å²) in [6.07, 6.45) is 3.00. The summed E-state index contributed by atoms with van der Waals surface area (Å²) in [4.78, 5) is 16.9. The van der Waals surface area contributed by atoms with Crippen molar-refractivity contribution in [3.63, 3.8) is 0 Å². The molecule has 4 aromatic rings. The molecule has 0 saturated heterocycles. The third-order valence-corrected chi connectivity index (χ3v) is 6.08. The first-order chi connectivity index (χ1) is 14.4. The molecule has 2 heterocycles. The lowest BCUT2D eigenvalue weighted by atomic mass is 10.0. The smallest absolute Gasteiger partial charge is 0.256 e. The molecule has 0 bridgehead atoms. The van der Waals surface area contributed by atoms with Crippen LogP contribution in [0.25, 0.3) is 34.2 Å². The van der Waals surface area contributed by atoms with Gasteiger partial charge >= 0.3 is 0 Å². The Morgan fingerprint density at radius 3 is 2.53 bits per heavy atom. The Morgan fingerprint density at radius 1 is 1.00 bits per heavy atom. The number of sulfone groups is 1. The van der Waals surface area contributed by atoms with Crippen LogP contribution in [0.2, 0.25) is 0 Å². The first-order valence-corrected chi connectivity index (χ1v) is 11.1. The molecule has 0 aliphatic carbocycles. The minimum atomic E-state index is -3.31. The maximum atomic E-state index is 12.3. The molecule has 0 saturated carbocycles. The van der Waals surface area contributed by atoms with Crippen molar-refractivity contribution in [1.29, 1.82) is 0 Å². The van der Waals surface area contributed by atoms with Gasteiger partial charge in [0.1, 0.15) is 5.52 Å². The van der Waals surface area contributed by atoms with E-state index in [2.05, 4.69) is 10.3 Å². The zero-order valence-corrected chi connectivity index (χ0v) is 16.7. The summed E-state index contributed by atoms with van der Waals surface area (Å²) >= 11 is 0. The first kappa shape index (κ1) is 18.3. The number of hydrogen-bond acceptors (Lipinski definition) is 5. The van der Waals surface area contributed by atoms with Gasteiger partial charge < -0.3 is 9.73 Å². The molecular weight excluding hydrogens is 400 g/mol. The van der Waals surface area contributed by atoms with Gasteiger partial charge in [-0.05, 0) is 48.0 Å². The van der Waals surface area contributed by atoms with Crippen molar-refractivity contribution in [3.05, 3.63) is 77.9 Å². The van der Waals surface area contributed by atoms with Gasteiger partial charge in [-0.3, -0.25) is 4.79 Å². The first-order valence-electron chi connectivity index (χ1n) is 9.22. The van der Waals surface area contributed by atoms with E-state index < -0.39 is 9.84 Å². The summed E-state index contributed by atoms with van der Waals surface area (Å²) in [5.41, 5.74) is 4.94. The average molecular weight is 416 g/mol. The quantitative estimate of drug-likeness (QED) is 0.500. The predicted octanol–water partition coefficient (Wildman–Crippen LogP) is 4.39. The van der Waals surface area contributed by atoms with Crippen LogP contribution in [0.5, 0.6) is 0 Å². The fourth-order valence-corrected chi connectivity index (χ4v) is 4.07. The van der Waals surface area contributed by atoms with Crippen molar-refractivity contribution in [2.24, 2.45) is 0 Å². The molecule has 1 amide bonds. The molecule has 30 heavy (non-hydrogen) atoms. The minimum Gasteiger partial charge on any atom is -0.436 e. The van der Waals surface area contributed by atoms with E-state index in [1.807, 2.05) is 54.6 Å². The van der Waals surface area contributed by atoms with Crippen molar-refractivity contribution in [2.75, 3.05) is 11.6 Å². The number of aromatic nitrogens is 1. The number of nitrogens with one attached hydrogen (secondary N) is 1. The van der Waals surface area contributed by atoms with Crippen molar-refractivity contribution in [2.45, 2.75) is 4.90 Å². The predicted molar refractivity (Wildman–Crippen MR) is 115 cm³/mol. The van der Waals surface area contributed by atoms with Crippen LogP contribution in [0.3, 0.4) is 0 Å². The van der Waals surface area contributed by atoms with Crippen molar-refractivity contribution in [3.8, 4) is 11.5 Å². The highest BCUT2D eigenvalue weighted by Crippen LogP contribution is 2.33. The molecule has 5 rings (SSSR count). The molecule has 1 aliphatic heterocycles. The van der Waals surface area contributed by atoms with Gasteiger partial charge in [-0.15, -0.1) is 0 Å². The topological polar surface area (TPSA) is 89.3 Å². The van der Waals surface area contributed by atoms with Gasteiger partial charge in [-0.2, -0.15) is 0 Å². The summed E-state index contributed by atoms with van der Waals surface area (Å²) in [6.45, 7) is 0. The Bertz CT molecular complexity index is 1450. The molecule has 1 aliphatic rings. The molecule has 0 unspecified atom stereocenters. The fraction of sp³-hybridized carbons (Fsp3) is 0.0435. The Morgan fingerprint density at radius 2 is 1.77 bits per heavy atom. The number of benzene rings is 3. The molecule has 0 atom stereocenters. The maximum absolute atomic E-state index is 12.3. The number of oxazole rings is 1. The number of carbonyl (C=O) groups excluding carboxylic acids is 1. The lowest BCUT2D eigenvalue weighted by Crippen LogP contribution is -2.03. The molecule has 0 radical (unpaired) electrons. The SMILES string of the molecule is CS(=O)(=O)c1ccc2oc(-c3ccc(/C=C4/C(=O)Nc5ccccc54)cc3)nc2c1. The van der Waals surface area contributed by atoms with Crippen LogP contribution in [0.1, 0.15) is 11.1 Å². The summed E-state index contributed by atoms with van der Waals surface area (Å²) in [5, 5.41) is 2.86. The van der Waals surface area contributed by atoms with Gasteiger partial charge in [0, 0.05) is 28.6 Å². The van der Waals surface area contributed by atoms with E-state index in [-0.39, 0.29) is 10.8 Å². The van der Waals surface area contributed by atoms with Gasteiger partial charge in [0.05, 0.1) is 4.90 Å². The maximum Gasteiger partial charge on any atom is 0.256 e. The van der Waals surface area contributed by atoms with Crippen LogP contribution in [-0.2, 0) is 14.6 Å². The number of nitrogens with zero attached hydrogens (tertiary/aromatic N) is 1. The number of carbonyl (C=O) groups is 1. The highest BCUT2D eigenvalue weighted by molar-refractivity contribution is 7.90. The molecule has 6 nitrogen and oxygen atoms in total. The van der Waals surface area contributed by atoms with E-state index in [9.17, 15) is 13.2 Å². The Labute approximate surface area is 172 Å². The van der Waals surface area contributed by atoms with Crippen LogP contribution < -0.4 is 5.32 Å². The molecule has 1 aromatic heterocycles. The molecule has 1 N–H and O–H groups in total. The van der Waals surface area contributed by atoms with Crippen LogP contribution >= 0.6 is 0 Å². The number of para-hydroxylation sites is 1. The van der Waals surface area contributed by atoms with Crippen LogP contribution in [0.4, 0.5) is 5.69 Å². The van der Waals surface area contributed by atoms with Crippen molar-refractivity contribution < 1.29 is 17.6 Å². The Kier molecular flexibility index (Phi) is 4.08. The van der Waals surface area contributed by atoms with E-state index in [4.69, 9.17) is 4.42 Å². The number of hydrogen-bond donors (Lipinski definition) is 1. The summed E-state index contributed by atoms with van der Waals surface area (Å²) < 4.78 is 29.3. The fourth-order valence-electron chi connectivity index (χ4n) is 3.43. The zero-order valence-electron chi connectivity index (χ0n) is 15.9. The lowest BCUT2D eigenvalue weighted by Gasteiger charge is -2.00. The highest BCUT2D eigenvalue weighted by Gasteiger charge is 2.23. The van der Waals surface area contributed by atoms with E-state index in [0.717, 1.165) is 28.6 Å². The third kappa shape index (κ3) is 3.19. The lowest BCUT2D eigenvalue weighted by molar-refractivity contribution is -0.110. The standard InChI is InChI=1S/C23H16N2O4S/c1-30(27,28)16-10-11-21-20(13-16)25-23(29-21)15-8-6-14(7-9-15)12-18-17-4-2-3-5-19(17)24-22(18)26/h2-13H,1H3,(H,24,26)/b18-12+. The summed E-state index contributed by atoms with van der Waals surface area (Å²) in [7, 11) is -3.31. The molecule has 3 aromatic carbocycles. The van der Waals surface area contributed by atoms with Crippen LogP contribution in [-0.4, -0.2) is 25.6 Å². The van der Waals surface area contributed by atoms with Gasteiger partial charge in [-0.25, -0.2) is 13.4 Å². The van der Waals surface area contributed by atoms with E-state index >= 15 is 0 Å². The molecular formula is C23H16N2O4S. The van der Waals surface area contributed by atoms with E-state index in [1.165, 1.54) is 12.1 Å². The Balaban J connectivity index is 1.48. The second kappa shape index (κ2) is 6.67. The van der Waals surface area contributed by atoms with Gasteiger partial charge in [0.25, 0.3) is 5.91 Å². The van der Waals surface area contributed by atoms with Crippen molar-refractivity contribution >= 4 is 44.2 Å². The number of fused-ring (bicyclic) bond motifs is 2. The second-order valence-electron chi connectivity index (χ2n) is 7.10. The third-order valence-electron chi connectivity index (χ3n) is 4.97. The number of rotatable bonds is 3. The molecule has 0 spiro atoms. The van der Waals surface area contributed by atoms with E-state index in [1.54, 1.807) is 6.07 Å². The molecule has 148 valence electrons. The van der Waals surface area contributed by atoms with Gasteiger partial charge in [0.15, 0.2) is 15.4 Å². The second-order valence-corrected chi connectivity index (χ2v) is 9.12. The van der Waals surface area contributed by atoms with Crippen LogP contribution in [0, 0.1) is 0 Å². The minimum absolute atomic E-state index is 0.124. The van der Waals surface area contributed by atoms with E-state index in [0.29, 0.717) is 22.6 Å². The molecule has 0 fully saturated rings. The van der Waals surface area contributed by atoms with Crippen LogP contribution in [0.15, 0.2) is 76.0 Å². The average Bonchev–Trinajstić information content (AvgIpc) is 3.28. The summed E-state index contributed by atoms with van der Waals surface area (Å²) in [5.74, 6) is 0.278. The normalized spacial score (nSPS) is 14.8. The van der Waals surface area contributed by atoms with Gasteiger partial charge in [-0.1, -0.05) is 30.3 Å². The highest BCUT2D eigenvalue weighted by atomic mass is 32.2. The molecule has 7 heteroatoms. The summed E-state index contributed by atoms with van der Waals surface area (Å²) in [6, 6.07) is 19.7. The monoisotopic (exact) mass is 416 g/mol. The van der Waals surface area contributed by atoms with Crippen molar-refractivity contribution in [1.82, 2.24) is 4.98 Å². The largest absolute Gasteiger partial charge is 0.436 e.